The molecule has 2 rings (SSSR count). The maximum absolute atomic E-state index is 3.23. The van der Waals surface area contributed by atoms with Crippen LogP contribution in [0.2, 0.25) is 0 Å². The zero-order valence-electron chi connectivity index (χ0n) is 8.54. The van der Waals surface area contributed by atoms with Crippen molar-refractivity contribution in [3.63, 3.8) is 0 Å². The van der Waals surface area contributed by atoms with Gasteiger partial charge < -0.3 is 0 Å². The quantitative estimate of drug-likeness (QED) is 0.628. The van der Waals surface area contributed by atoms with E-state index < -0.39 is 0 Å². The van der Waals surface area contributed by atoms with E-state index in [1.54, 1.807) is 0 Å². The van der Waals surface area contributed by atoms with Crippen molar-refractivity contribution in [3.8, 4) is 11.1 Å². The zero-order chi connectivity index (χ0) is 9.97. The van der Waals surface area contributed by atoms with Gasteiger partial charge in [0, 0.05) is 0 Å². The molecule has 0 unspecified atom stereocenters. The second kappa shape index (κ2) is 3.67. The van der Waals surface area contributed by atoms with Crippen LogP contribution >= 0.6 is 0 Å². The molecule has 0 bridgehead atoms. The Kier molecular flexibility index (Phi) is 2.36. The molecular weight excluding hydrogens is 168 g/mol. The van der Waals surface area contributed by atoms with Gasteiger partial charge in [-0.25, -0.2) is 0 Å². The van der Waals surface area contributed by atoms with Gasteiger partial charge in [0.15, 0.2) is 0 Å². The number of rotatable bonds is 1. The second-order valence-electron chi connectivity index (χ2n) is 3.58. The van der Waals surface area contributed by atoms with E-state index in [1.807, 2.05) is 18.2 Å². The molecule has 0 heterocycles. The SMILES string of the molecule is Cc1ccc(-c2[c]cccc2)cc1C. The van der Waals surface area contributed by atoms with Crippen molar-refractivity contribution in [3.05, 3.63) is 59.7 Å². The van der Waals surface area contributed by atoms with Crippen molar-refractivity contribution < 1.29 is 0 Å². The van der Waals surface area contributed by atoms with Crippen LogP contribution in [0.25, 0.3) is 11.1 Å². The summed E-state index contributed by atoms with van der Waals surface area (Å²) in [7, 11) is 0. The van der Waals surface area contributed by atoms with Crippen LogP contribution in [0.4, 0.5) is 0 Å². The number of hydrogen-bond donors (Lipinski definition) is 0. The fourth-order valence-electron chi connectivity index (χ4n) is 1.48. The van der Waals surface area contributed by atoms with E-state index in [1.165, 1.54) is 16.7 Å². The normalized spacial score (nSPS) is 10.1. The summed E-state index contributed by atoms with van der Waals surface area (Å²) in [6.07, 6.45) is 0. The summed E-state index contributed by atoms with van der Waals surface area (Å²) in [6.45, 7) is 4.27. The summed E-state index contributed by atoms with van der Waals surface area (Å²) in [6, 6.07) is 17.8. The Hall–Kier alpha value is -1.56. The summed E-state index contributed by atoms with van der Waals surface area (Å²) < 4.78 is 0. The van der Waals surface area contributed by atoms with Gasteiger partial charge >= 0.3 is 0 Å². The molecule has 0 spiro atoms. The summed E-state index contributed by atoms with van der Waals surface area (Å²) in [4.78, 5) is 0. The van der Waals surface area contributed by atoms with Crippen LogP contribution in [0.5, 0.6) is 0 Å². The Bertz CT molecular complexity index is 427. The van der Waals surface area contributed by atoms with Gasteiger partial charge in [0.2, 0.25) is 0 Å². The third-order valence-electron chi connectivity index (χ3n) is 2.53. The number of benzene rings is 2. The van der Waals surface area contributed by atoms with Crippen molar-refractivity contribution in [1.29, 1.82) is 0 Å². The maximum atomic E-state index is 3.23. The van der Waals surface area contributed by atoms with Crippen molar-refractivity contribution >= 4 is 0 Å². The van der Waals surface area contributed by atoms with Gasteiger partial charge in [0.1, 0.15) is 0 Å². The van der Waals surface area contributed by atoms with E-state index in [2.05, 4.69) is 44.2 Å². The molecule has 0 saturated heterocycles. The van der Waals surface area contributed by atoms with Gasteiger partial charge in [0.05, 0.1) is 0 Å². The third kappa shape index (κ3) is 1.69. The summed E-state index contributed by atoms with van der Waals surface area (Å²) in [5.74, 6) is 0. The molecule has 0 N–H and O–H groups in total. The highest BCUT2D eigenvalue weighted by Crippen LogP contribution is 2.20. The van der Waals surface area contributed by atoms with Crippen LogP contribution in [0.3, 0.4) is 0 Å². The highest BCUT2D eigenvalue weighted by atomic mass is 14.0. The first kappa shape index (κ1) is 9.01. The van der Waals surface area contributed by atoms with Gasteiger partial charge in [-0.15, -0.1) is 0 Å². The lowest BCUT2D eigenvalue weighted by atomic mass is 10.0. The molecule has 14 heavy (non-hydrogen) atoms. The highest BCUT2D eigenvalue weighted by molar-refractivity contribution is 5.63. The Balaban J connectivity index is 2.48. The van der Waals surface area contributed by atoms with Crippen LogP contribution in [0, 0.1) is 19.9 Å². The minimum atomic E-state index is 1.16. The molecule has 0 aliphatic heterocycles. The number of aryl methyl sites for hydroxylation is 2. The van der Waals surface area contributed by atoms with E-state index in [4.69, 9.17) is 0 Å². The Labute approximate surface area is 85.2 Å². The lowest BCUT2D eigenvalue weighted by Crippen LogP contribution is -1.83. The van der Waals surface area contributed by atoms with Gasteiger partial charge in [-0.1, -0.05) is 42.5 Å². The van der Waals surface area contributed by atoms with E-state index in [-0.39, 0.29) is 0 Å². The molecular formula is C14H13. The second-order valence-corrected chi connectivity index (χ2v) is 3.58. The Morgan fingerprint density at radius 2 is 1.79 bits per heavy atom. The van der Waals surface area contributed by atoms with Gasteiger partial charge in [-0.05, 0) is 42.2 Å². The molecule has 1 radical (unpaired) electrons. The van der Waals surface area contributed by atoms with Gasteiger partial charge in [-0.2, -0.15) is 0 Å². The third-order valence-corrected chi connectivity index (χ3v) is 2.53. The van der Waals surface area contributed by atoms with Crippen LogP contribution in [0.15, 0.2) is 42.5 Å². The van der Waals surface area contributed by atoms with E-state index in [0.29, 0.717) is 0 Å². The molecule has 0 aromatic heterocycles. The largest absolute Gasteiger partial charge is 0.0616 e. The molecule has 2 aromatic rings. The van der Waals surface area contributed by atoms with E-state index in [9.17, 15) is 0 Å². The van der Waals surface area contributed by atoms with Crippen molar-refractivity contribution in [1.82, 2.24) is 0 Å². The smallest absolute Gasteiger partial charge is 0.00992 e. The molecule has 0 heteroatoms. The van der Waals surface area contributed by atoms with Crippen molar-refractivity contribution in [2.45, 2.75) is 13.8 Å². The van der Waals surface area contributed by atoms with Crippen molar-refractivity contribution in [2.24, 2.45) is 0 Å². The van der Waals surface area contributed by atoms with Gasteiger partial charge in [0.25, 0.3) is 0 Å². The zero-order valence-corrected chi connectivity index (χ0v) is 8.54. The maximum Gasteiger partial charge on any atom is -0.00992 e. The summed E-state index contributed by atoms with van der Waals surface area (Å²) >= 11 is 0. The van der Waals surface area contributed by atoms with Gasteiger partial charge in [-0.3, -0.25) is 0 Å². The fourth-order valence-corrected chi connectivity index (χ4v) is 1.48. The van der Waals surface area contributed by atoms with Crippen molar-refractivity contribution in [2.75, 3.05) is 0 Å². The lowest BCUT2D eigenvalue weighted by Gasteiger charge is -2.04. The highest BCUT2D eigenvalue weighted by Gasteiger charge is 1.98. The van der Waals surface area contributed by atoms with Crippen LogP contribution in [-0.2, 0) is 0 Å². The van der Waals surface area contributed by atoms with E-state index >= 15 is 0 Å². The van der Waals surface area contributed by atoms with Crippen LogP contribution < -0.4 is 0 Å². The van der Waals surface area contributed by atoms with E-state index in [0.717, 1.165) is 5.56 Å². The molecule has 0 atom stereocenters. The minimum absolute atomic E-state index is 1.16. The first-order valence-corrected chi connectivity index (χ1v) is 4.82. The average Bonchev–Trinajstić information content (AvgIpc) is 2.23. The first-order valence-electron chi connectivity index (χ1n) is 4.82. The molecule has 0 aliphatic rings. The predicted molar refractivity (Wildman–Crippen MR) is 60.2 cm³/mol. The fraction of sp³-hybridized carbons (Fsp3) is 0.143. The summed E-state index contributed by atoms with van der Waals surface area (Å²) in [5, 5.41) is 0. The Morgan fingerprint density at radius 1 is 0.929 bits per heavy atom. The number of hydrogen-bond acceptors (Lipinski definition) is 0. The van der Waals surface area contributed by atoms with Crippen LogP contribution in [0.1, 0.15) is 11.1 Å². The summed E-state index contributed by atoms with van der Waals surface area (Å²) in [5.41, 5.74) is 5.08. The molecule has 0 saturated carbocycles. The standard InChI is InChI=1S/C14H13/c1-11-8-9-14(10-12(11)2)13-6-4-3-5-7-13/h3-6,8-10H,1-2H3. The first-order chi connectivity index (χ1) is 6.77. The topological polar surface area (TPSA) is 0 Å². The molecule has 0 aliphatic carbocycles. The van der Waals surface area contributed by atoms with Crippen LogP contribution in [-0.4, -0.2) is 0 Å². The predicted octanol–water partition coefficient (Wildman–Crippen LogP) is 3.77. The minimum Gasteiger partial charge on any atom is -0.0616 e. The average molecular weight is 181 g/mol. The molecule has 0 nitrogen and oxygen atoms in total. The molecule has 69 valence electrons. The molecule has 2 aromatic carbocycles. The molecule has 0 amide bonds. The Morgan fingerprint density at radius 3 is 2.43 bits per heavy atom. The molecule has 0 fully saturated rings. The lowest BCUT2D eigenvalue weighted by molar-refractivity contribution is 1.34. The monoisotopic (exact) mass is 181 g/mol.